The molecule has 0 saturated carbocycles. The molecule has 1 saturated heterocycles. The molecule has 4 heterocycles. The molecule has 7 aromatic rings. The Hall–Kier alpha value is -6.68. The minimum atomic E-state index is -4.57. The molecule has 4 atom stereocenters. The van der Waals surface area contributed by atoms with Gasteiger partial charge in [-0.3, -0.25) is 9.36 Å². The number of imidazole rings is 1. The van der Waals surface area contributed by atoms with E-state index in [2.05, 4.69) is 20.3 Å². The molecule has 1 unspecified atom stereocenters. The Balaban J connectivity index is 1.17. The van der Waals surface area contributed by atoms with Gasteiger partial charge in [-0.25, -0.2) is 15.0 Å². The Labute approximate surface area is 363 Å². The monoisotopic (exact) mass is 871 g/mol. The van der Waals surface area contributed by atoms with Crippen LogP contribution in [0.15, 0.2) is 140 Å². The molecule has 0 bridgehead atoms. The van der Waals surface area contributed by atoms with Crippen LogP contribution in [0.3, 0.4) is 0 Å². The average molecular weight is 872 g/mol. The zero-order valence-electron chi connectivity index (χ0n) is 34.6. The van der Waals surface area contributed by atoms with E-state index < -0.39 is 44.4 Å². The summed E-state index contributed by atoms with van der Waals surface area (Å²) in [5.41, 5.74) is 2.25. The zero-order valence-corrected chi connectivity index (χ0v) is 35.5. The number of rotatable bonds is 17. The lowest BCUT2D eigenvalue weighted by Gasteiger charge is -2.39. The molecule has 1 fully saturated rings. The number of hydrogen-bond donors (Lipinski definition) is 1. The first-order chi connectivity index (χ1) is 30.6. The number of amides is 1. The summed E-state index contributed by atoms with van der Waals surface area (Å²) in [6, 6.07) is 36.5. The molecule has 1 aliphatic heterocycles. The lowest BCUT2D eigenvalue weighted by Crippen LogP contribution is -2.40. The highest BCUT2D eigenvalue weighted by Crippen LogP contribution is 2.48. The fraction of sp³-hybridized carbons (Fsp3) is 0.239. The van der Waals surface area contributed by atoms with Crippen LogP contribution in [-0.2, 0) is 30.8 Å². The van der Waals surface area contributed by atoms with Crippen LogP contribution in [0.25, 0.3) is 11.2 Å². The number of anilines is 1. The molecule has 324 valence electrons. The summed E-state index contributed by atoms with van der Waals surface area (Å²) in [6.07, 6.45) is 1.46. The molecular weight excluding hydrogens is 828 g/mol. The van der Waals surface area contributed by atoms with Crippen LogP contribution in [0.2, 0.25) is 0 Å². The Bertz CT molecular complexity index is 2660. The molecule has 63 heavy (non-hydrogen) atoms. The van der Waals surface area contributed by atoms with Gasteiger partial charge < -0.3 is 48.2 Å². The number of aromatic nitrogens is 5. The fourth-order valence-corrected chi connectivity index (χ4v) is 8.72. The van der Waals surface area contributed by atoms with Crippen LogP contribution in [-0.4, -0.2) is 65.1 Å². The topological polar surface area (TPSA) is 195 Å². The second-order valence-corrected chi connectivity index (χ2v) is 16.6. The van der Waals surface area contributed by atoms with Gasteiger partial charge in [0.15, 0.2) is 23.2 Å². The number of carbonyl (C=O) groups excluding carboxylic acids is 1. The van der Waals surface area contributed by atoms with Crippen LogP contribution < -0.4 is 29.2 Å². The first-order valence-electron chi connectivity index (χ1n) is 20.0. The second kappa shape index (κ2) is 18.7. The summed E-state index contributed by atoms with van der Waals surface area (Å²) in [7, 11) is 0.0601. The highest BCUT2D eigenvalue weighted by Gasteiger charge is 2.46. The van der Waals surface area contributed by atoms with Gasteiger partial charge in [0, 0.05) is 24.2 Å². The van der Waals surface area contributed by atoms with Gasteiger partial charge in [0.25, 0.3) is 5.91 Å². The number of fused-ring (bicyclic) bond motifs is 1. The van der Waals surface area contributed by atoms with Crippen molar-refractivity contribution in [3.8, 4) is 17.2 Å². The lowest BCUT2D eigenvalue weighted by molar-refractivity contribution is -0.616. The molecule has 0 aliphatic carbocycles. The summed E-state index contributed by atoms with van der Waals surface area (Å²) >= 11 is 0. The number of hydrogen-bond acceptors (Lipinski definition) is 13. The van der Waals surface area contributed by atoms with Gasteiger partial charge in [0.2, 0.25) is 5.69 Å². The zero-order chi connectivity index (χ0) is 44.0. The van der Waals surface area contributed by atoms with E-state index in [1.807, 2.05) is 84.9 Å². The van der Waals surface area contributed by atoms with Gasteiger partial charge in [-0.15, -0.1) is 0 Å². The first kappa shape index (κ1) is 43.0. The summed E-state index contributed by atoms with van der Waals surface area (Å²) < 4.78 is 51.8. The standard InChI is InChI=1S/C46H45N6O10P/c1-57-36-18-14-33(15-19-36)46(32-12-8-5-9-13-32,34-16-20-37(58-2)21-17-34)62-40-27-41(61-39(40)23-25-63(55,56)60-28-35-26-38(59-3)22-24-52(35)54)51-30-49-42-43(47-29-48-44(42)51)50-45(53)31-10-6-4-7-11-31/h4-22,24,26,29-30,39-41H,23,25,27-28H2,1-3H3,(H,55,56)(H,47,48,50,53)/p-1/t39-,40+,41-/m1/s1. The van der Waals surface area contributed by atoms with E-state index in [1.54, 1.807) is 49.4 Å². The van der Waals surface area contributed by atoms with Crippen LogP contribution >= 0.6 is 7.60 Å². The number of nitrogens with zero attached hydrogens (tertiary/aromatic N) is 5. The van der Waals surface area contributed by atoms with Gasteiger partial charge in [-0.05, 0) is 59.5 Å². The summed E-state index contributed by atoms with van der Waals surface area (Å²) in [5, 5.41) is 15.3. The van der Waals surface area contributed by atoms with Crippen molar-refractivity contribution in [1.82, 2.24) is 19.5 Å². The second-order valence-electron chi connectivity index (χ2n) is 14.7. The Kier molecular flexibility index (Phi) is 12.8. The maximum Gasteiger partial charge on any atom is 0.256 e. The molecule has 4 aromatic carbocycles. The van der Waals surface area contributed by atoms with Gasteiger partial charge >= 0.3 is 0 Å². The van der Waals surface area contributed by atoms with Gasteiger partial charge in [-0.1, -0.05) is 72.8 Å². The molecule has 8 rings (SSSR count). The third kappa shape index (κ3) is 9.26. The molecule has 0 spiro atoms. The van der Waals surface area contributed by atoms with Crippen molar-refractivity contribution >= 4 is 30.5 Å². The van der Waals surface area contributed by atoms with Crippen molar-refractivity contribution in [1.29, 1.82) is 0 Å². The molecule has 17 heteroatoms. The summed E-state index contributed by atoms with van der Waals surface area (Å²) in [4.78, 5) is 40.2. The minimum absolute atomic E-state index is 0.0481. The van der Waals surface area contributed by atoms with Crippen LogP contribution in [0.4, 0.5) is 5.82 Å². The highest BCUT2D eigenvalue weighted by molar-refractivity contribution is 7.51. The number of benzene rings is 4. The number of nitrogens with one attached hydrogen (secondary N) is 1. The average Bonchev–Trinajstić information content (AvgIpc) is 3.95. The molecule has 1 N–H and O–H groups in total. The van der Waals surface area contributed by atoms with E-state index in [9.17, 15) is 19.5 Å². The fourth-order valence-electron chi connectivity index (χ4n) is 7.69. The van der Waals surface area contributed by atoms with Crippen molar-refractivity contribution in [2.45, 2.75) is 43.5 Å². The first-order valence-corrected chi connectivity index (χ1v) is 21.8. The van der Waals surface area contributed by atoms with Crippen molar-refractivity contribution in [3.05, 3.63) is 173 Å². The maximum atomic E-state index is 13.6. The number of carbonyl (C=O) groups is 1. The normalized spacial score (nSPS) is 17.2. The summed E-state index contributed by atoms with van der Waals surface area (Å²) in [6.45, 7) is -0.495. The van der Waals surface area contributed by atoms with E-state index in [-0.39, 0.29) is 30.3 Å². The smallest absolute Gasteiger partial charge is 0.256 e. The maximum absolute atomic E-state index is 13.6. The Morgan fingerprint density at radius 3 is 2.10 bits per heavy atom. The van der Waals surface area contributed by atoms with Crippen molar-refractivity contribution in [2.24, 2.45) is 0 Å². The van der Waals surface area contributed by atoms with Crippen molar-refractivity contribution in [3.63, 3.8) is 0 Å². The van der Waals surface area contributed by atoms with E-state index in [1.165, 1.54) is 31.8 Å². The Morgan fingerprint density at radius 1 is 0.841 bits per heavy atom. The highest BCUT2D eigenvalue weighted by atomic mass is 31.2. The van der Waals surface area contributed by atoms with Crippen molar-refractivity contribution < 1.29 is 47.2 Å². The predicted octanol–water partition coefficient (Wildman–Crippen LogP) is 6.56. The van der Waals surface area contributed by atoms with E-state index >= 15 is 0 Å². The largest absolute Gasteiger partial charge is 0.778 e. The van der Waals surface area contributed by atoms with E-state index in [0.29, 0.717) is 38.7 Å². The number of ether oxygens (including phenoxy) is 5. The third-order valence-corrected chi connectivity index (χ3v) is 12.2. The minimum Gasteiger partial charge on any atom is -0.778 e. The van der Waals surface area contributed by atoms with E-state index in [0.717, 1.165) is 16.7 Å². The molecule has 1 aliphatic rings. The van der Waals surface area contributed by atoms with Gasteiger partial charge in [0.05, 0.1) is 45.9 Å². The lowest BCUT2D eigenvalue weighted by atomic mass is 9.79. The van der Waals surface area contributed by atoms with Gasteiger partial charge in [0.1, 0.15) is 49.6 Å². The molecule has 16 nitrogen and oxygen atoms in total. The third-order valence-electron chi connectivity index (χ3n) is 10.9. The van der Waals surface area contributed by atoms with Crippen LogP contribution in [0.5, 0.6) is 17.2 Å². The molecule has 3 aromatic heterocycles. The van der Waals surface area contributed by atoms with Crippen LogP contribution in [0.1, 0.15) is 51.8 Å². The summed E-state index contributed by atoms with van der Waals surface area (Å²) in [5.74, 6) is 1.51. The molecular formula is C46H44N6O10P-. The quantitative estimate of drug-likeness (QED) is 0.0448. The van der Waals surface area contributed by atoms with E-state index in [4.69, 9.17) is 28.2 Å². The number of pyridine rings is 1. The number of methoxy groups -OCH3 is 3. The predicted molar refractivity (Wildman–Crippen MR) is 229 cm³/mol. The van der Waals surface area contributed by atoms with Crippen LogP contribution in [0, 0.1) is 5.21 Å². The Morgan fingerprint density at radius 2 is 1.46 bits per heavy atom. The van der Waals surface area contributed by atoms with Crippen molar-refractivity contribution in [2.75, 3.05) is 32.8 Å². The SMILES string of the molecule is COc1ccc(C(O[C@H]2C[C@H](n3cnc4c(NC(=O)c5ccccc5)ncnc43)O[C@@H]2CCP(=O)([O-])OCc2cc(OC)cc[n+]2[O-])(c2ccccc2)c2ccc(OC)cc2)cc1. The molecule has 0 radical (unpaired) electrons. The molecule has 1 amide bonds. The van der Waals surface area contributed by atoms with Gasteiger partial charge in [-0.2, -0.15) is 4.73 Å².